The molecule has 0 radical (unpaired) electrons. The molecular weight excluding hydrogens is 323 g/mol. The molecule has 106 valence electrons. The Bertz CT molecular complexity index is 554. The highest BCUT2D eigenvalue weighted by Crippen LogP contribution is 2.23. The van der Waals surface area contributed by atoms with E-state index in [2.05, 4.69) is 21.4 Å². The second kappa shape index (κ2) is 6.83. The van der Waals surface area contributed by atoms with E-state index in [4.69, 9.17) is 10.6 Å². The number of rotatable bonds is 5. The second-order valence-electron chi connectivity index (χ2n) is 4.47. The van der Waals surface area contributed by atoms with Crippen molar-refractivity contribution in [3.8, 4) is 5.75 Å². The van der Waals surface area contributed by atoms with Gasteiger partial charge in [0.05, 0.1) is 7.11 Å². The minimum absolute atomic E-state index is 0.0883. The van der Waals surface area contributed by atoms with Crippen molar-refractivity contribution in [1.82, 2.24) is 5.43 Å². The molecule has 0 heterocycles. The van der Waals surface area contributed by atoms with Gasteiger partial charge in [-0.1, -0.05) is 28.1 Å². The predicted molar refractivity (Wildman–Crippen MR) is 80.9 cm³/mol. The SMILES string of the molecule is COc1ccc(C(Cc2cc(F)cc(Br)c2)NN)cc1. The molecular formula is C15H16BrFN2O. The molecule has 0 saturated carbocycles. The lowest BCUT2D eigenvalue weighted by molar-refractivity contribution is 0.414. The fraction of sp³-hybridized carbons (Fsp3) is 0.200. The normalized spacial score (nSPS) is 12.2. The Morgan fingerprint density at radius 2 is 1.95 bits per heavy atom. The van der Waals surface area contributed by atoms with E-state index in [0.29, 0.717) is 6.42 Å². The number of benzene rings is 2. The monoisotopic (exact) mass is 338 g/mol. The van der Waals surface area contributed by atoms with Gasteiger partial charge in [0.2, 0.25) is 0 Å². The number of hydrazine groups is 1. The van der Waals surface area contributed by atoms with Crippen LogP contribution in [0.15, 0.2) is 46.9 Å². The fourth-order valence-electron chi connectivity index (χ4n) is 2.07. The quantitative estimate of drug-likeness (QED) is 0.649. The van der Waals surface area contributed by atoms with Gasteiger partial charge in [0.1, 0.15) is 11.6 Å². The predicted octanol–water partition coefficient (Wildman–Crippen LogP) is 3.34. The number of hydrogen-bond acceptors (Lipinski definition) is 3. The third kappa shape index (κ3) is 3.79. The van der Waals surface area contributed by atoms with Crippen LogP contribution in [0, 0.1) is 5.82 Å². The average Bonchev–Trinajstić information content (AvgIpc) is 2.44. The Labute approximate surface area is 126 Å². The van der Waals surface area contributed by atoms with E-state index in [-0.39, 0.29) is 11.9 Å². The number of methoxy groups -OCH3 is 1. The van der Waals surface area contributed by atoms with E-state index in [0.717, 1.165) is 21.3 Å². The maximum atomic E-state index is 13.4. The lowest BCUT2D eigenvalue weighted by atomic mass is 9.99. The summed E-state index contributed by atoms with van der Waals surface area (Å²) in [5, 5.41) is 0. The first-order valence-electron chi connectivity index (χ1n) is 6.17. The third-order valence-electron chi connectivity index (χ3n) is 3.08. The summed E-state index contributed by atoms with van der Waals surface area (Å²) in [5.41, 5.74) is 4.66. The van der Waals surface area contributed by atoms with Gasteiger partial charge in [-0.25, -0.2) is 4.39 Å². The number of halogens is 2. The van der Waals surface area contributed by atoms with E-state index in [1.54, 1.807) is 7.11 Å². The van der Waals surface area contributed by atoms with E-state index in [1.807, 2.05) is 30.3 Å². The molecule has 0 aliphatic rings. The van der Waals surface area contributed by atoms with E-state index >= 15 is 0 Å². The van der Waals surface area contributed by atoms with E-state index in [1.165, 1.54) is 12.1 Å². The van der Waals surface area contributed by atoms with Crippen molar-refractivity contribution in [2.75, 3.05) is 7.11 Å². The molecule has 0 aliphatic carbocycles. The van der Waals surface area contributed by atoms with Crippen LogP contribution in [0.3, 0.4) is 0 Å². The highest BCUT2D eigenvalue weighted by atomic mass is 79.9. The first-order chi connectivity index (χ1) is 9.62. The van der Waals surface area contributed by atoms with Gasteiger partial charge in [-0.3, -0.25) is 11.3 Å². The Morgan fingerprint density at radius 3 is 2.50 bits per heavy atom. The van der Waals surface area contributed by atoms with Crippen LogP contribution in [0.1, 0.15) is 17.2 Å². The first-order valence-corrected chi connectivity index (χ1v) is 6.96. The van der Waals surface area contributed by atoms with Gasteiger partial charge in [-0.15, -0.1) is 0 Å². The molecule has 20 heavy (non-hydrogen) atoms. The largest absolute Gasteiger partial charge is 0.497 e. The molecule has 0 aromatic heterocycles. The van der Waals surface area contributed by atoms with Gasteiger partial charge < -0.3 is 4.74 Å². The summed E-state index contributed by atoms with van der Waals surface area (Å²) in [6.45, 7) is 0. The molecule has 5 heteroatoms. The Kier molecular flexibility index (Phi) is 5.11. The molecule has 0 aliphatic heterocycles. The Morgan fingerprint density at radius 1 is 1.25 bits per heavy atom. The molecule has 0 fully saturated rings. The van der Waals surface area contributed by atoms with E-state index in [9.17, 15) is 4.39 Å². The zero-order chi connectivity index (χ0) is 14.5. The third-order valence-corrected chi connectivity index (χ3v) is 3.54. The molecule has 1 atom stereocenters. The maximum Gasteiger partial charge on any atom is 0.124 e. The maximum absolute atomic E-state index is 13.4. The van der Waals surface area contributed by atoms with Crippen molar-refractivity contribution in [2.45, 2.75) is 12.5 Å². The minimum Gasteiger partial charge on any atom is -0.497 e. The fourth-order valence-corrected chi connectivity index (χ4v) is 2.59. The molecule has 0 bridgehead atoms. The highest BCUT2D eigenvalue weighted by molar-refractivity contribution is 9.10. The van der Waals surface area contributed by atoms with Crippen LogP contribution in [-0.2, 0) is 6.42 Å². The van der Waals surface area contributed by atoms with Crippen LogP contribution in [0.2, 0.25) is 0 Å². The molecule has 3 N–H and O–H groups in total. The van der Waals surface area contributed by atoms with E-state index < -0.39 is 0 Å². The zero-order valence-electron chi connectivity index (χ0n) is 11.1. The van der Waals surface area contributed by atoms with Gasteiger partial charge in [0.25, 0.3) is 0 Å². The standard InChI is InChI=1S/C15H16BrFN2O/c1-20-14-4-2-11(3-5-14)15(19-18)8-10-6-12(16)9-13(17)7-10/h2-7,9,15,19H,8,18H2,1H3. The number of nitrogens with two attached hydrogens (primary N) is 1. The first kappa shape index (κ1) is 15.0. The smallest absolute Gasteiger partial charge is 0.124 e. The van der Waals surface area contributed by atoms with Crippen molar-refractivity contribution < 1.29 is 9.13 Å². The van der Waals surface area contributed by atoms with Crippen LogP contribution in [0.5, 0.6) is 5.75 Å². The number of nitrogens with one attached hydrogen (secondary N) is 1. The lowest BCUT2D eigenvalue weighted by Crippen LogP contribution is -2.29. The number of ether oxygens (including phenoxy) is 1. The van der Waals surface area contributed by atoms with Crippen molar-refractivity contribution in [3.63, 3.8) is 0 Å². The molecule has 0 saturated heterocycles. The minimum atomic E-state index is -0.264. The Balaban J connectivity index is 2.19. The summed E-state index contributed by atoms with van der Waals surface area (Å²) in [4.78, 5) is 0. The van der Waals surface area contributed by atoms with Gasteiger partial charge in [-0.05, 0) is 47.9 Å². The summed E-state index contributed by atoms with van der Waals surface area (Å²) < 4.78 is 19.2. The van der Waals surface area contributed by atoms with Crippen molar-refractivity contribution in [2.24, 2.45) is 5.84 Å². The molecule has 2 aromatic carbocycles. The topological polar surface area (TPSA) is 47.3 Å². The van der Waals surface area contributed by atoms with Gasteiger partial charge >= 0.3 is 0 Å². The van der Waals surface area contributed by atoms with Gasteiger partial charge in [0, 0.05) is 10.5 Å². The second-order valence-corrected chi connectivity index (χ2v) is 5.39. The van der Waals surface area contributed by atoms with Gasteiger partial charge in [-0.2, -0.15) is 0 Å². The van der Waals surface area contributed by atoms with Crippen LogP contribution >= 0.6 is 15.9 Å². The lowest BCUT2D eigenvalue weighted by Gasteiger charge is -2.17. The summed E-state index contributed by atoms with van der Waals surface area (Å²) in [6, 6.07) is 12.4. The van der Waals surface area contributed by atoms with Crippen LogP contribution in [0.4, 0.5) is 4.39 Å². The molecule has 1 unspecified atom stereocenters. The molecule has 0 spiro atoms. The zero-order valence-corrected chi connectivity index (χ0v) is 12.7. The molecule has 0 amide bonds. The summed E-state index contributed by atoms with van der Waals surface area (Å²) >= 11 is 3.29. The van der Waals surface area contributed by atoms with Crippen molar-refractivity contribution in [1.29, 1.82) is 0 Å². The highest BCUT2D eigenvalue weighted by Gasteiger charge is 2.12. The summed E-state index contributed by atoms with van der Waals surface area (Å²) in [5.74, 6) is 6.14. The molecule has 3 nitrogen and oxygen atoms in total. The summed E-state index contributed by atoms with van der Waals surface area (Å²) in [6.07, 6.45) is 0.596. The Hall–Kier alpha value is -1.43. The van der Waals surface area contributed by atoms with Crippen LogP contribution in [0.25, 0.3) is 0 Å². The molecule has 2 rings (SSSR count). The summed E-state index contributed by atoms with van der Waals surface area (Å²) in [7, 11) is 1.62. The van der Waals surface area contributed by atoms with Crippen LogP contribution < -0.4 is 16.0 Å². The number of hydrogen-bond donors (Lipinski definition) is 2. The molecule has 2 aromatic rings. The van der Waals surface area contributed by atoms with Crippen molar-refractivity contribution in [3.05, 3.63) is 63.9 Å². The van der Waals surface area contributed by atoms with Crippen molar-refractivity contribution >= 4 is 15.9 Å². The van der Waals surface area contributed by atoms with Crippen LogP contribution in [-0.4, -0.2) is 7.11 Å². The average molecular weight is 339 g/mol. The van der Waals surface area contributed by atoms with Gasteiger partial charge in [0.15, 0.2) is 0 Å².